The molecule has 0 atom stereocenters. The van der Waals surface area contributed by atoms with Gasteiger partial charge in [-0.25, -0.2) is 0 Å². The second-order valence-electron chi connectivity index (χ2n) is 4.09. The van der Waals surface area contributed by atoms with Gasteiger partial charge in [0.25, 0.3) is 0 Å². The molecule has 0 saturated heterocycles. The third kappa shape index (κ3) is 4.23. The van der Waals surface area contributed by atoms with E-state index in [-0.39, 0.29) is 0 Å². The molecule has 1 aliphatic carbocycles. The van der Waals surface area contributed by atoms with Crippen LogP contribution in [0.3, 0.4) is 0 Å². The number of benzene rings is 1. The molecule has 0 spiro atoms. The number of hydrogen-bond donors (Lipinski definition) is 1. The topological polar surface area (TPSA) is 50.7 Å². The number of hydrogen-bond acceptors (Lipinski definition) is 3. The van der Waals surface area contributed by atoms with E-state index >= 15 is 0 Å². The molecule has 2 N–H and O–H groups in total. The fraction of sp³-hybridized carbons (Fsp3) is 0.385. The quantitative estimate of drug-likeness (QED) is 0.506. The van der Waals surface area contributed by atoms with Gasteiger partial charge in [0.15, 0.2) is 5.17 Å². The molecule has 1 aliphatic rings. The maximum Gasteiger partial charge on any atom is 0.180 e. The van der Waals surface area contributed by atoms with Gasteiger partial charge in [-0.3, -0.25) is 0 Å². The maximum atomic E-state index is 5.81. The van der Waals surface area contributed by atoms with E-state index in [1.165, 1.54) is 35.9 Å². The largest absolute Gasteiger partial charge is 0.377 e. The Morgan fingerprint density at radius 1 is 1.18 bits per heavy atom. The fourth-order valence-corrected chi connectivity index (χ4v) is 2.37. The molecular formula is C13H17N3S. The summed E-state index contributed by atoms with van der Waals surface area (Å²) >= 11 is 1.53. The van der Waals surface area contributed by atoms with Crippen LogP contribution in [0, 0.1) is 0 Å². The monoisotopic (exact) mass is 247 g/mol. The van der Waals surface area contributed by atoms with Crippen LogP contribution in [0.25, 0.3) is 0 Å². The Hall–Kier alpha value is -1.29. The van der Waals surface area contributed by atoms with Crippen molar-refractivity contribution in [2.75, 3.05) is 0 Å². The predicted octanol–water partition coefficient (Wildman–Crippen LogP) is 3.16. The van der Waals surface area contributed by atoms with Crippen LogP contribution in [0.15, 0.2) is 40.5 Å². The summed E-state index contributed by atoms with van der Waals surface area (Å²) in [6.07, 6.45) is 4.65. The van der Waals surface area contributed by atoms with Gasteiger partial charge in [0.2, 0.25) is 0 Å². The van der Waals surface area contributed by atoms with Crippen molar-refractivity contribution in [2.45, 2.75) is 31.4 Å². The average molecular weight is 247 g/mol. The third-order valence-electron chi connectivity index (χ3n) is 2.70. The van der Waals surface area contributed by atoms with E-state index in [1.807, 2.05) is 18.2 Å². The van der Waals surface area contributed by atoms with Gasteiger partial charge in [0.1, 0.15) is 0 Å². The molecular weight excluding hydrogens is 230 g/mol. The lowest BCUT2D eigenvalue weighted by Crippen LogP contribution is -2.06. The summed E-state index contributed by atoms with van der Waals surface area (Å²) in [6, 6.07) is 10.2. The van der Waals surface area contributed by atoms with E-state index < -0.39 is 0 Å². The summed E-state index contributed by atoms with van der Waals surface area (Å²) in [7, 11) is 0. The van der Waals surface area contributed by atoms with Crippen molar-refractivity contribution in [2.24, 2.45) is 15.9 Å². The summed E-state index contributed by atoms with van der Waals surface area (Å²) in [5.41, 5.74) is 8.25. The summed E-state index contributed by atoms with van der Waals surface area (Å²) < 4.78 is 0. The van der Waals surface area contributed by atoms with Crippen molar-refractivity contribution in [3.8, 4) is 0 Å². The smallest absolute Gasteiger partial charge is 0.180 e. The van der Waals surface area contributed by atoms with Gasteiger partial charge in [0.05, 0.1) is 0 Å². The van der Waals surface area contributed by atoms with E-state index in [9.17, 15) is 0 Å². The van der Waals surface area contributed by atoms with Gasteiger partial charge >= 0.3 is 0 Å². The van der Waals surface area contributed by atoms with Gasteiger partial charge in [0, 0.05) is 11.5 Å². The lowest BCUT2D eigenvalue weighted by atomic mass is 10.2. The minimum absolute atomic E-state index is 0.549. The van der Waals surface area contributed by atoms with Crippen molar-refractivity contribution in [3.05, 3.63) is 35.9 Å². The van der Waals surface area contributed by atoms with E-state index in [2.05, 4.69) is 22.3 Å². The van der Waals surface area contributed by atoms with Crippen LogP contribution in [0.4, 0.5) is 0 Å². The van der Waals surface area contributed by atoms with Crippen LogP contribution >= 0.6 is 11.8 Å². The summed E-state index contributed by atoms with van der Waals surface area (Å²) in [6.45, 7) is 0. The molecule has 4 heteroatoms. The Bertz CT molecular complexity index is 404. The predicted molar refractivity (Wildman–Crippen MR) is 75.3 cm³/mol. The van der Waals surface area contributed by atoms with E-state index in [0.717, 1.165) is 18.6 Å². The number of nitrogens with two attached hydrogens (primary N) is 1. The Kier molecular flexibility index (Phi) is 4.62. The van der Waals surface area contributed by atoms with E-state index in [1.54, 1.807) is 0 Å². The zero-order valence-corrected chi connectivity index (χ0v) is 10.6. The first-order chi connectivity index (χ1) is 8.34. The summed E-state index contributed by atoms with van der Waals surface area (Å²) in [5, 5.41) is 8.81. The van der Waals surface area contributed by atoms with Crippen LogP contribution in [0.5, 0.6) is 0 Å². The molecule has 0 aliphatic heterocycles. The second kappa shape index (κ2) is 6.45. The van der Waals surface area contributed by atoms with Crippen LogP contribution < -0.4 is 5.73 Å². The Balaban J connectivity index is 1.82. The van der Waals surface area contributed by atoms with Crippen LogP contribution in [-0.2, 0) is 5.75 Å². The third-order valence-corrected chi connectivity index (χ3v) is 3.56. The normalized spacial score (nSPS) is 16.2. The summed E-state index contributed by atoms with van der Waals surface area (Å²) in [4.78, 5) is 0. The SMILES string of the molecule is N/C(=N/N=C1CCCC1)SCc1ccccc1. The number of thioether (sulfide) groups is 1. The first-order valence-electron chi connectivity index (χ1n) is 5.90. The average Bonchev–Trinajstić information content (AvgIpc) is 2.88. The number of amidine groups is 1. The van der Waals surface area contributed by atoms with Crippen LogP contribution in [0.1, 0.15) is 31.2 Å². The van der Waals surface area contributed by atoms with Crippen LogP contribution in [0.2, 0.25) is 0 Å². The number of nitrogens with zero attached hydrogens (tertiary/aromatic N) is 2. The highest BCUT2D eigenvalue weighted by Crippen LogP contribution is 2.15. The van der Waals surface area contributed by atoms with Crippen molar-refractivity contribution in [1.82, 2.24) is 0 Å². The zero-order valence-electron chi connectivity index (χ0n) is 9.80. The molecule has 0 amide bonds. The van der Waals surface area contributed by atoms with Gasteiger partial charge in [-0.1, -0.05) is 42.1 Å². The lowest BCUT2D eigenvalue weighted by molar-refractivity contribution is 0.886. The van der Waals surface area contributed by atoms with Gasteiger partial charge < -0.3 is 5.73 Å². The molecule has 3 nitrogen and oxygen atoms in total. The minimum Gasteiger partial charge on any atom is -0.377 e. The van der Waals surface area contributed by atoms with Crippen molar-refractivity contribution >= 4 is 22.6 Å². The molecule has 17 heavy (non-hydrogen) atoms. The molecule has 0 heterocycles. The molecule has 1 saturated carbocycles. The highest BCUT2D eigenvalue weighted by molar-refractivity contribution is 8.13. The van der Waals surface area contributed by atoms with Gasteiger partial charge in [-0.05, 0) is 31.2 Å². The number of rotatable bonds is 3. The van der Waals surface area contributed by atoms with Crippen LogP contribution in [-0.4, -0.2) is 10.9 Å². The molecule has 1 fully saturated rings. The zero-order chi connectivity index (χ0) is 11.9. The first kappa shape index (κ1) is 12.2. The first-order valence-corrected chi connectivity index (χ1v) is 6.89. The minimum atomic E-state index is 0.549. The molecule has 1 aromatic carbocycles. The summed E-state index contributed by atoms with van der Waals surface area (Å²) in [5.74, 6) is 0.848. The molecule has 90 valence electrons. The highest BCUT2D eigenvalue weighted by Gasteiger charge is 2.07. The van der Waals surface area contributed by atoms with E-state index in [4.69, 9.17) is 5.73 Å². The van der Waals surface area contributed by atoms with Gasteiger partial charge in [-0.2, -0.15) is 5.10 Å². The Morgan fingerprint density at radius 2 is 1.88 bits per heavy atom. The molecule has 2 rings (SSSR count). The Labute approximate surface area is 106 Å². The van der Waals surface area contributed by atoms with Crippen molar-refractivity contribution in [1.29, 1.82) is 0 Å². The fourth-order valence-electron chi connectivity index (χ4n) is 1.76. The molecule has 1 aromatic rings. The lowest BCUT2D eigenvalue weighted by Gasteiger charge is -1.99. The van der Waals surface area contributed by atoms with Gasteiger partial charge in [-0.15, -0.1) is 5.10 Å². The Morgan fingerprint density at radius 3 is 2.59 bits per heavy atom. The molecule has 0 radical (unpaired) electrons. The van der Waals surface area contributed by atoms with E-state index in [0.29, 0.717) is 5.17 Å². The van der Waals surface area contributed by atoms with Crippen molar-refractivity contribution in [3.63, 3.8) is 0 Å². The maximum absolute atomic E-state index is 5.81. The van der Waals surface area contributed by atoms with Crippen molar-refractivity contribution < 1.29 is 0 Å². The molecule has 0 bridgehead atoms. The standard InChI is InChI=1S/C13H17N3S/c14-13(16-15-12-8-4-5-9-12)17-10-11-6-2-1-3-7-11/h1-3,6-7H,4-5,8-10H2,(H2,14,16). The molecule has 0 aromatic heterocycles. The second-order valence-corrected chi connectivity index (χ2v) is 5.08. The molecule has 0 unspecified atom stereocenters. The highest BCUT2D eigenvalue weighted by atomic mass is 32.2.